The fourth-order valence-electron chi connectivity index (χ4n) is 2.48. The van der Waals surface area contributed by atoms with Crippen LogP contribution in [0.5, 0.6) is 0 Å². The Morgan fingerprint density at radius 2 is 1.65 bits per heavy atom. The first-order valence-electron chi connectivity index (χ1n) is 7.21. The van der Waals surface area contributed by atoms with Crippen LogP contribution in [-0.4, -0.2) is 25.2 Å². The zero-order chi connectivity index (χ0) is 15.2. The highest BCUT2D eigenvalue weighted by molar-refractivity contribution is 6.01. The molecule has 0 unspecified atom stereocenters. The third-order valence-corrected chi connectivity index (χ3v) is 3.49. The van der Waals surface area contributed by atoms with E-state index < -0.39 is 17.4 Å². The van der Waals surface area contributed by atoms with Crippen LogP contribution in [0.15, 0.2) is 23.3 Å². The van der Waals surface area contributed by atoms with Crippen LogP contribution in [0.4, 0.5) is 0 Å². The molecule has 112 valence electrons. The molecule has 1 rings (SSSR count). The lowest BCUT2D eigenvalue weighted by molar-refractivity contribution is -0.171. The van der Waals surface area contributed by atoms with E-state index in [0.29, 0.717) is 12.8 Å². The highest BCUT2D eigenvalue weighted by Gasteiger charge is 2.52. The molecule has 1 aliphatic carbocycles. The number of hydrogen-bond donors (Lipinski definition) is 0. The SMILES string of the molecule is CC/C=C/C1=C(C)CC(C(=O)OCC)(C(=O)OCC)C1. The fourth-order valence-corrected chi connectivity index (χ4v) is 2.48. The average molecular weight is 280 g/mol. The molecule has 0 spiro atoms. The molecule has 0 fully saturated rings. The Balaban J connectivity index is 3.03. The number of rotatable bonds is 6. The number of carbonyl (C=O) groups excluding carboxylic acids is 2. The van der Waals surface area contributed by atoms with Crippen LogP contribution >= 0.6 is 0 Å². The Bertz CT molecular complexity index is 414. The lowest BCUT2D eigenvalue weighted by atomic mass is 9.83. The van der Waals surface area contributed by atoms with Crippen LogP contribution in [0.2, 0.25) is 0 Å². The summed E-state index contributed by atoms with van der Waals surface area (Å²) in [5.41, 5.74) is 0.896. The summed E-state index contributed by atoms with van der Waals surface area (Å²) in [6, 6.07) is 0. The molecule has 4 nitrogen and oxygen atoms in total. The maximum atomic E-state index is 12.3. The van der Waals surface area contributed by atoms with Gasteiger partial charge in [-0.1, -0.05) is 24.6 Å². The highest BCUT2D eigenvalue weighted by Crippen LogP contribution is 2.44. The molecule has 0 aromatic heterocycles. The normalized spacial score (nSPS) is 17.6. The number of ether oxygens (including phenoxy) is 2. The lowest BCUT2D eigenvalue weighted by Crippen LogP contribution is -2.40. The van der Waals surface area contributed by atoms with Crippen LogP contribution in [0.3, 0.4) is 0 Å². The van der Waals surface area contributed by atoms with E-state index in [4.69, 9.17) is 9.47 Å². The summed E-state index contributed by atoms with van der Waals surface area (Å²) in [7, 11) is 0. The third-order valence-electron chi connectivity index (χ3n) is 3.49. The number of carbonyl (C=O) groups is 2. The summed E-state index contributed by atoms with van der Waals surface area (Å²) in [6.45, 7) is 8.01. The van der Waals surface area contributed by atoms with E-state index in [9.17, 15) is 9.59 Å². The van der Waals surface area contributed by atoms with Crippen molar-refractivity contribution in [2.24, 2.45) is 5.41 Å². The van der Waals surface area contributed by atoms with E-state index >= 15 is 0 Å². The molecule has 0 aliphatic heterocycles. The Morgan fingerprint density at radius 1 is 1.10 bits per heavy atom. The third kappa shape index (κ3) is 3.30. The van der Waals surface area contributed by atoms with Gasteiger partial charge in [0.2, 0.25) is 0 Å². The van der Waals surface area contributed by atoms with Gasteiger partial charge in [-0.3, -0.25) is 9.59 Å². The van der Waals surface area contributed by atoms with Crippen molar-refractivity contribution in [2.45, 2.75) is 47.0 Å². The predicted molar refractivity (Wildman–Crippen MR) is 77.1 cm³/mol. The van der Waals surface area contributed by atoms with Gasteiger partial charge in [-0.15, -0.1) is 0 Å². The molecule has 0 N–H and O–H groups in total. The van der Waals surface area contributed by atoms with Gasteiger partial charge in [-0.25, -0.2) is 0 Å². The van der Waals surface area contributed by atoms with Crippen LogP contribution in [0.25, 0.3) is 0 Å². The van der Waals surface area contributed by atoms with E-state index in [1.165, 1.54) is 0 Å². The largest absolute Gasteiger partial charge is 0.465 e. The molecule has 0 amide bonds. The van der Waals surface area contributed by atoms with E-state index in [2.05, 4.69) is 0 Å². The molecule has 4 heteroatoms. The van der Waals surface area contributed by atoms with Gasteiger partial charge in [0.1, 0.15) is 0 Å². The number of hydrogen-bond acceptors (Lipinski definition) is 4. The van der Waals surface area contributed by atoms with E-state index in [0.717, 1.165) is 17.6 Å². The van der Waals surface area contributed by atoms with Gasteiger partial charge >= 0.3 is 11.9 Å². The first-order chi connectivity index (χ1) is 9.51. The van der Waals surface area contributed by atoms with Crippen LogP contribution in [0, 0.1) is 5.41 Å². The van der Waals surface area contributed by atoms with Crippen molar-refractivity contribution in [1.29, 1.82) is 0 Å². The van der Waals surface area contributed by atoms with E-state index in [1.54, 1.807) is 13.8 Å². The topological polar surface area (TPSA) is 52.6 Å². The Labute approximate surface area is 120 Å². The molecule has 20 heavy (non-hydrogen) atoms. The number of allylic oxidation sites excluding steroid dienone is 4. The maximum absolute atomic E-state index is 12.3. The quantitative estimate of drug-likeness (QED) is 0.554. The molecule has 0 saturated carbocycles. The second-order valence-electron chi connectivity index (χ2n) is 4.99. The number of esters is 2. The zero-order valence-electron chi connectivity index (χ0n) is 12.8. The van der Waals surface area contributed by atoms with Crippen molar-refractivity contribution in [3.8, 4) is 0 Å². The minimum absolute atomic E-state index is 0.263. The van der Waals surface area contributed by atoms with Crippen molar-refractivity contribution in [2.75, 3.05) is 13.2 Å². The predicted octanol–water partition coefficient (Wildman–Crippen LogP) is 3.18. The van der Waals surface area contributed by atoms with Crippen molar-refractivity contribution >= 4 is 11.9 Å². The van der Waals surface area contributed by atoms with E-state index in [-0.39, 0.29) is 13.2 Å². The fraction of sp³-hybridized carbons (Fsp3) is 0.625. The van der Waals surface area contributed by atoms with E-state index in [1.807, 2.05) is 26.0 Å². The summed E-state index contributed by atoms with van der Waals surface area (Å²) < 4.78 is 10.2. The zero-order valence-corrected chi connectivity index (χ0v) is 12.8. The van der Waals surface area contributed by atoms with Gasteiger partial charge < -0.3 is 9.47 Å². The molecule has 0 bridgehead atoms. The molecular formula is C16H24O4. The Hall–Kier alpha value is -1.58. The van der Waals surface area contributed by atoms with Gasteiger partial charge in [0.05, 0.1) is 13.2 Å². The molecular weight excluding hydrogens is 256 g/mol. The standard InChI is InChI=1S/C16H24O4/c1-5-8-9-13-11-16(10-12(13)4,14(17)19-6-2)15(18)20-7-3/h8-9H,5-7,10-11H2,1-4H3/b9-8+. The minimum Gasteiger partial charge on any atom is -0.465 e. The Morgan fingerprint density at radius 3 is 2.10 bits per heavy atom. The van der Waals surface area contributed by atoms with Gasteiger partial charge in [0.15, 0.2) is 5.41 Å². The van der Waals surface area contributed by atoms with Crippen molar-refractivity contribution < 1.29 is 19.1 Å². The van der Waals surface area contributed by atoms with Gasteiger partial charge in [0, 0.05) is 0 Å². The van der Waals surface area contributed by atoms with Crippen LogP contribution in [-0.2, 0) is 19.1 Å². The molecule has 0 aromatic rings. The molecule has 0 heterocycles. The van der Waals surface area contributed by atoms with Gasteiger partial charge in [-0.05, 0) is 45.6 Å². The summed E-state index contributed by atoms with van der Waals surface area (Å²) in [5, 5.41) is 0. The Kier molecular flexibility index (Phi) is 5.99. The summed E-state index contributed by atoms with van der Waals surface area (Å²) in [4.78, 5) is 24.5. The monoisotopic (exact) mass is 280 g/mol. The highest BCUT2D eigenvalue weighted by atomic mass is 16.6. The van der Waals surface area contributed by atoms with Crippen LogP contribution in [0.1, 0.15) is 47.0 Å². The second kappa shape index (κ2) is 7.27. The maximum Gasteiger partial charge on any atom is 0.324 e. The summed E-state index contributed by atoms with van der Waals surface area (Å²) in [5.74, 6) is -0.949. The van der Waals surface area contributed by atoms with Gasteiger partial charge in [-0.2, -0.15) is 0 Å². The van der Waals surface area contributed by atoms with Crippen molar-refractivity contribution in [1.82, 2.24) is 0 Å². The molecule has 0 atom stereocenters. The summed E-state index contributed by atoms with van der Waals surface area (Å²) >= 11 is 0. The first-order valence-corrected chi connectivity index (χ1v) is 7.21. The smallest absolute Gasteiger partial charge is 0.324 e. The second-order valence-corrected chi connectivity index (χ2v) is 4.99. The van der Waals surface area contributed by atoms with Crippen molar-refractivity contribution in [3.05, 3.63) is 23.3 Å². The van der Waals surface area contributed by atoms with Crippen molar-refractivity contribution in [3.63, 3.8) is 0 Å². The van der Waals surface area contributed by atoms with Crippen LogP contribution < -0.4 is 0 Å². The minimum atomic E-state index is -1.19. The van der Waals surface area contributed by atoms with Gasteiger partial charge in [0.25, 0.3) is 0 Å². The first kappa shape index (κ1) is 16.5. The molecule has 0 aromatic carbocycles. The molecule has 1 aliphatic rings. The average Bonchev–Trinajstić information content (AvgIpc) is 2.75. The molecule has 0 radical (unpaired) electrons. The summed E-state index contributed by atoms with van der Waals surface area (Å²) in [6.07, 6.45) is 5.70. The molecule has 0 saturated heterocycles. The lowest BCUT2D eigenvalue weighted by Gasteiger charge is -2.24.